The Balaban J connectivity index is 1.72. The zero-order valence-corrected chi connectivity index (χ0v) is 20.5. The van der Waals surface area contributed by atoms with E-state index in [2.05, 4.69) is 9.97 Å². The van der Waals surface area contributed by atoms with Crippen molar-refractivity contribution < 1.29 is 25.4 Å². The Morgan fingerprint density at radius 2 is 1.67 bits per heavy atom. The molecule has 2 heterocycles. The highest BCUT2D eigenvalue weighted by atomic mass is 32.2. The molecule has 33 heavy (non-hydrogen) atoms. The van der Waals surface area contributed by atoms with Crippen LogP contribution in [0.25, 0.3) is 0 Å². The van der Waals surface area contributed by atoms with E-state index in [0.29, 0.717) is 37.4 Å². The third-order valence-electron chi connectivity index (χ3n) is 5.13. The predicted octanol–water partition coefficient (Wildman–Crippen LogP) is 2.41. The maximum atomic E-state index is 13.3. The molecule has 0 amide bonds. The van der Waals surface area contributed by atoms with E-state index in [0.717, 1.165) is 6.26 Å². The Hall–Kier alpha value is -2.15. The summed E-state index contributed by atoms with van der Waals surface area (Å²) in [5, 5.41) is 0. The topological polar surface area (TPSA) is 110 Å². The van der Waals surface area contributed by atoms with E-state index in [1.807, 2.05) is 18.7 Å². The molecule has 1 aromatic heterocycles. The molecule has 0 radical (unpaired) electrons. The zero-order chi connectivity index (χ0) is 24.2. The van der Waals surface area contributed by atoms with Crippen molar-refractivity contribution in [3.05, 3.63) is 48.0 Å². The number of piperidine rings is 1. The molecular formula is C21H29FN4O5S2. The summed E-state index contributed by atoms with van der Waals surface area (Å²) in [6.45, 7) is 5.23. The van der Waals surface area contributed by atoms with Gasteiger partial charge in [0.15, 0.2) is 0 Å². The quantitative estimate of drug-likeness (QED) is 0.483. The molecule has 0 aliphatic carbocycles. The molecule has 0 spiro atoms. The van der Waals surface area contributed by atoms with Gasteiger partial charge < -0.3 is 4.90 Å². The van der Waals surface area contributed by atoms with Crippen LogP contribution in [0.15, 0.2) is 41.6 Å². The van der Waals surface area contributed by atoms with Crippen LogP contribution in [0.4, 0.5) is 10.3 Å². The van der Waals surface area contributed by atoms with E-state index in [1.165, 1.54) is 28.8 Å². The fraction of sp³-hybridized carbons (Fsp3) is 0.524. The molecule has 0 atom stereocenters. The normalized spacial score (nSPS) is 16.0. The molecule has 0 unspecified atom stereocenters. The van der Waals surface area contributed by atoms with Crippen LogP contribution >= 0.6 is 0 Å². The highest BCUT2D eigenvalue weighted by Gasteiger charge is 2.28. The fourth-order valence-electron chi connectivity index (χ4n) is 3.60. The molecule has 0 saturated carbocycles. The SMILES string of the molecule is CC(C)CN(Cc1ccc(F)cc1)S(=O)(=O)c1cnc(N2CCC(OS(C)(=O)=O)CC2)nc1. The number of sulfonamides is 1. The van der Waals surface area contributed by atoms with Gasteiger partial charge in [-0.1, -0.05) is 26.0 Å². The number of benzene rings is 1. The number of hydrogen-bond acceptors (Lipinski definition) is 8. The molecule has 1 saturated heterocycles. The van der Waals surface area contributed by atoms with Gasteiger partial charge in [-0.05, 0) is 36.5 Å². The third kappa shape index (κ3) is 7.16. The largest absolute Gasteiger partial charge is 0.341 e. The van der Waals surface area contributed by atoms with Crippen molar-refractivity contribution in [1.29, 1.82) is 0 Å². The summed E-state index contributed by atoms with van der Waals surface area (Å²) in [5.74, 6) is 0.0736. The number of nitrogens with zero attached hydrogens (tertiary/aromatic N) is 4. The van der Waals surface area contributed by atoms with E-state index >= 15 is 0 Å². The molecule has 12 heteroatoms. The monoisotopic (exact) mass is 500 g/mol. The molecule has 1 aromatic carbocycles. The van der Waals surface area contributed by atoms with Crippen LogP contribution in [-0.2, 0) is 30.9 Å². The van der Waals surface area contributed by atoms with Gasteiger partial charge in [0.1, 0.15) is 10.7 Å². The number of rotatable bonds is 9. The molecule has 2 aromatic rings. The summed E-state index contributed by atoms with van der Waals surface area (Å²) in [7, 11) is -7.38. The summed E-state index contributed by atoms with van der Waals surface area (Å²) in [4.78, 5) is 10.3. The van der Waals surface area contributed by atoms with Crippen molar-refractivity contribution in [3.63, 3.8) is 0 Å². The molecule has 182 valence electrons. The summed E-state index contributed by atoms with van der Waals surface area (Å²) >= 11 is 0. The van der Waals surface area contributed by atoms with Gasteiger partial charge in [-0.15, -0.1) is 0 Å². The van der Waals surface area contributed by atoms with E-state index in [9.17, 15) is 21.2 Å². The van der Waals surface area contributed by atoms with Crippen molar-refractivity contribution in [2.24, 2.45) is 5.92 Å². The van der Waals surface area contributed by atoms with Gasteiger partial charge in [0.25, 0.3) is 10.1 Å². The molecule has 1 aliphatic rings. The minimum absolute atomic E-state index is 0.0238. The van der Waals surface area contributed by atoms with Crippen molar-refractivity contribution in [2.75, 3.05) is 30.8 Å². The van der Waals surface area contributed by atoms with Crippen molar-refractivity contribution >= 4 is 26.1 Å². The average molecular weight is 501 g/mol. The van der Waals surface area contributed by atoms with Crippen molar-refractivity contribution in [2.45, 2.75) is 44.2 Å². The minimum atomic E-state index is -3.87. The first-order valence-corrected chi connectivity index (χ1v) is 13.9. The second-order valence-corrected chi connectivity index (χ2v) is 12.1. The number of anilines is 1. The lowest BCUT2D eigenvalue weighted by Gasteiger charge is -2.31. The predicted molar refractivity (Wildman–Crippen MR) is 122 cm³/mol. The van der Waals surface area contributed by atoms with Gasteiger partial charge in [0, 0.05) is 26.2 Å². The van der Waals surface area contributed by atoms with E-state index in [-0.39, 0.29) is 35.8 Å². The van der Waals surface area contributed by atoms with Crippen LogP contribution in [-0.4, -0.2) is 63.1 Å². The van der Waals surface area contributed by atoms with Gasteiger partial charge in [-0.25, -0.2) is 22.8 Å². The van der Waals surface area contributed by atoms with Gasteiger partial charge in [-0.2, -0.15) is 12.7 Å². The van der Waals surface area contributed by atoms with Gasteiger partial charge in [-0.3, -0.25) is 4.18 Å². The molecule has 9 nitrogen and oxygen atoms in total. The second-order valence-electron chi connectivity index (χ2n) is 8.52. The molecule has 1 aliphatic heterocycles. The first-order valence-electron chi connectivity index (χ1n) is 10.6. The van der Waals surface area contributed by atoms with E-state index in [1.54, 1.807) is 12.1 Å². The Morgan fingerprint density at radius 1 is 1.09 bits per heavy atom. The number of halogens is 1. The Labute approximate surface area is 194 Å². The standard InChI is InChI=1S/C21H29FN4O5S2/c1-16(2)14-26(15-17-4-6-18(22)7-5-17)33(29,30)20-12-23-21(24-13-20)25-10-8-19(9-11-25)31-32(3,27)28/h4-7,12-13,16,19H,8-11,14-15H2,1-3H3. The zero-order valence-electron chi connectivity index (χ0n) is 18.9. The van der Waals surface area contributed by atoms with Crippen molar-refractivity contribution in [3.8, 4) is 0 Å². The minimum Gasteiger partial charge on any atom is -0.341 e. The summed E-state index contributed by atoms with van der Waals surface area (Å²) in [6, 6.07) is 5.74. The first-order chi connectivity index (χ1) is 15.4. The molecular weight excluding hydrogens is 471 g/mol. The number of hydrogen-bond donors (Lipinski definition) is 0. The van der Waals surface area contributed by atoms with Crippen molar-refractivity contribution in [1.82, 2.24) is 14.3 Å². The van der Waals surface area contributed by atoms with Crippen LogP contribution in [0.3, 0.4) is 0 Å². The van der Waals surface area contributed by atoms with Crippen LogP contribution < -0.4 is 4.90 Å². The summed E-state index contributed by atoms with van der Waals surface area (Å²) < 4.78 is 68.8. The van der Waals surface area contributed by atoms with Crippen LogP contribution in [0, 0.1) is 11.7 Å². The fourth-order valence-corrected chi connectivity index (χ4v) is 5.77. The first kappa shape index (κ1) is 25.5. The van der Waals surface area contributed by atoms with E-state index in [4.69, 9.17) is 4.18 Å². The Bertz CT molecular complexity index is 1130. The highest BCUT2D eigenvalue weighted by molar-refractivity contribution is 7.89. The smallest absolute Gasteiger partial charge is 0.264 e. The molecule has 0 N–H and O–H groups in total. The lowest BCUT2D eigenvalue weighted by Crippen LogP contribution is -2.38. The average Bonchev–Trinajstić information content (AvgIpc) is 2.74. The second kappa shape index (κ2) is 10.4. The van der Waals surface area contributed by atoms with E-state index < -0.39 is 20.1 Å². The highest BCUT2D eigenvalue weighted by Crippen LogP contribution is 2.22. The Kier molecular flexibility index (Phi) is 8.04. The lowest BCUT2D eigenvalue weighted by atomic mass is 10.1. The maximum absolute atomic E-state index is 13.3. The Morgan fingerprint density at radius 3 is 2.18 bits per heavy atom. The van der Waals surface area contributed by atoms with Gasteiger partial charge in [0.2, 0.25) is 16.0 Å². The maximum Gasteiger partial charge on any atom is 0.264 e. The number of aromatic nitrogens is 2. The van der Waals surface area contributed by atoms with Gasteiger partial charge >= 0.3 is 0 Å². The molecule has 0 bridgehead atoms. The van der Waals surface area contributed by atoms with Crippen LogP contribution in [0.2, 0.25) is 0 Å². The summed E-state index contributed by atoms with van der Waals surface area (Å²) in [5.41, 5.74) is 0.678. The lowest BCUT2D eigenvalue weighted by molar-refractivity contribution is 0.179. The van der Waals surface area contributed by atoms with Crippen LogP contribution in [0.5, 0.6) is 0 Å². The van der Waals surface area contributed by atoms with Crippen LogP contribution in [0.1, 0.15) is 32.3 Å². The summed E-state index contributed by atoms with van der Waals surface area (Å²) in [6.07, 6.45) is 4.21. The molecule has 3 rings (SSSR count). The molecule has 1 fully saturated rings. The van der Waals surface area contributed by atoms with Gasteiger partial charge in [0.05, 0.1) is 24.8 Å². The third-order valence-corrected chi connectivity index (χ3v) is 7.52.